The van der Waals surface area contributed by atoms with E-state index >= 15 is 0 Å². The molecule has 1 saturated heterocycles. The average Bonchev–Trinajstić information content (AvgIpc) is 3.09. The molecule has 0 radical (unpaired) electrons. The van der Waals surface area contributed by atoms with Crippen molar-refractivity contribution in [3.63, 3.8) is 0 Å². The third-order valence-corrected chi connectivity index (χ3v) is 6.58. The van der Waals surface area contributed by atoms with Crippen molar-refractivity contribution in [2.75, 3.05) is 0 Å². The second-order valence-corrected chi connectivity index (χ2v) is 9.16. The minimum atomic E-state index is -0.782. The summed E-state index contributed by atoms with van der Waals surface area (Å²) < 4.78 is 5.59. The predicted octanol–water partition coefficient (Wildman–Crippen LogP) is 6.84. The van der Waals surface area contributed by atoms with Crippen LogP contribution in [0, 0.1) is 20.2 Å². The Bertz CT molecular complexity index is 1460. The minimum absolute atomic E-state index is 0.0197. The van der Waals surface area contributed by atoms with Crippen molar-refractivity contribution in [2.24, 2.45) is 0 Å². The van der Waals surface area contributed by atoms with Crippen LogP contribution in [0.15, 0.2) is 65.6 Å². The van der Waals surface area contributed by atoms with E-state index in [1.165, 1.54) is 18.2 Å². The van der Waals surface area contributed by atoms with Crippen LogP contribution < -0.4 is 4.74 Å². The highest BCUT2D eigenvalue weighted by atomic mass is 35.5. The van der Waals surface area contributed by atoms with Crippen molar-refractivity contribution in [3.8, 4) is 11.5 Å². The lowest BCUT2D eigenvalue weighted by Gasteiger charge is -2.13. The van der Waals surface area contributed by atoms with Crippen molar-refractivity contribution >= 4 is 63.6 Å². The molecule has 2 amide bonds. The normalized spacial score (nSPS) is 14.4. The van der Waals surface area contributed by atoms with Crippen molar-refractivity contribution in [3.05, 3.63) is 107 Å². The Morgan fingerprint density at radius 2 is 1.72 bits per heavy atom. The van der Waals surface area contributed by atoms with E-state index in [1.807, 2.05) is 0 Å². The summed E-state index contributed by atoms with van der Waals surface area (Å²) in [6, 6.07) is 14.2. The fourth-order valence-corrected chi connectivity index (χ4v) is 4.41. The second kappa shape index (κ2) is 10.4. The Morgan fingerprint density at radius 1 is 0.944 bits per heavy atom. The second-order valence-electron chi connectivity index (χ2n) is 7.36. The first-order chi connectivity index (χ1) is 17.1. The first-order valence-electron chi connectivity index (χ1n) is 10.0. The molecule has 0 unspecified atom stereocenters. The molecule has 182 valence electrons. The molecule has 13 heteroatoms. The molecule has 0 bridgehead atoms. The SMILES string of the molecule is O=C1S/C(=C/c2cccc(Oc3ccc([N+](=O)[O-])cc3[N+](=O)[O-])c2)C(=O)N1Cc1ccc(Cl)c(Cl)c1. The van der Waals surface area contributed by atoms with Gasteiger partial charge in [0, 0.05) is 6.07 Å². The predicted molar refractivity (Wildman–Crippen MR) is 134 cm³/mol. The number of benzene rings is 3. The van der Waals surface area contributed by atoms with Crippen LogP contribution in [0.4, 0.5) is 16.2 Å². The van der Waals surface area contributed by atoms with Crippen LogP contribution in [0.2, 0.25) is 10.0 Å². The molecule has 3 aromatic carbocycles. The fourth-order valence-electron chi connectivity index (χ4n) is 3.25. The van der Waals surface area contributed by atoms with Gasteiger partial charge in [-0.1, -0.05) is 41.4 Å². The van der Waals surface area contributed by atoms with Gasteiger partial charge >= 0.3 is 5.69 Å². The van der Waals surface area contributed by atoms with Gasteiger partial charge < -0.3 is 4.74 Å². The zero-order valence-electron chi connectivity index (χ0n) is 17.9. The first kappa shape index (κ1) is 25.2. The van der Waals surface area contributed by atoms with Gasteiger partial charge in [0.05, 0.1) is 37.4 Å². The molecule has 1 aliphatic heterocycles. The Morgan fingerprint density at radius 3 is 2.42 bits per heavy atom. The lowest BCUT2D eigenvalue weighted by atomic mass is 10.2. The van der Waals surface area contributed by atoms with Crippen LogP contribution in [-0.2, 0) is 11.3 Å². The number of nitrogens with zero attached hydrogens (tertiary/aromatic N) is 3. The quantitative estimate of drug-likeness (QED) is 0.179. The number of halogens is 2. The number of non-ortho nitro benzene ring substituents is 1. The summed E-state index contributed by atoms with van der Waals surface area (Å²) in [7, 11) is 0. The minimum Gasteiger partial charge on any atom is -0.450 e. The molecule has 0 saturated carbocycles. The number of imide groups is 1. The molecule has 3 aromatic rings. The molecule has 36 heavy (non-hydrogen) atoms. The van der Waals surface area contributed by atoms with Crippen LogP contribution in [0.3, 0.4) is 0 Å². The average molecular weight is 546 g/mol. The summed E-state index contributed by atoms with van der Waals surface area (Å²) in [5, 5.41) is 22.5. The van der Waals surface area contributed by atoms with Gasteiger partial charge in [0.2, 0.25) is 5.75 Å². The molecular weight excluding hydrogens is 533 g/mol. The highest BCUT2D eigenvalue weighted by Gasteiger charge is 2.35. The fraction of sp³-hybridized carbons (Fsp3) is 0.0435. The van der Waals surface area contributed by atoms with Gasteiger partial charge in [0.15, 0.2) is 0 Å². The molecule has 0 aromatic heterocycles. The Kier molecular flexibility index (Phi) is 7.25. The maximum absolute atomic E-state index is 12.9. The highest BCUT2D eigenvalue weighted by molar-refractivity contribution is 8.18. The summed E-state index contributed by atoms with van der Waals surface area (Å²) in [6.07, 6.45) is 1.50. The van der Waals surface area contributed by atoms with E-state index in [1.54, 1.807) is 30.3 Å². The molecule has 1 fully saturated rings. The van der Waals surface area contributed by atoms with Gasteiger partial charge in [0.1, 0.15) is 5.75 Å². The summed E-state index contributed by atoms with van der Waals surface area (Å²) in [5.41, 5.74) is 0.113. The van der Waals surface area contributed by atoms with Crippen molar-refractivity contribution in [1.29, 1.82) is 0 Å². The number of carbonyl (C=O) groups is 2. The van der Waals surface area contributed by atoms with Gasteiger partial charge in [-0.15, -0.1) is 0 Å². The number of nitro groups is 2. The number of thioether (sulfide) groups is 1. The number of hydrogen-bond donors (Lipinski definition) is 0. The maximum atomic E-state index is 12.9. The lowest BCUT2D eigenvalue weighted by molar-refractivity contribution is -0.394. The summed E-state index contributed by atoms with van der Waals surface area (Å²) >= 11 is 12.7. The number of rotatable bonds is 7. The molecule has 10 nitrogen and oxygen atoms in total. The highest BCUT2D eigenvalue weighted by Crippen LogP contribution is 2.37. The number of ether oxygens (including phenoxy) is 1. The number of nitro benzene ring substituents is 2. The topological polar surface area (TPSA) is 133 Å². The van der Waals surface area contributed by atoms with E-state index in [9.17, 15) is 29.8 Å². The largest absolute Gasteiger partial charge is 0.450 e. The molecule has 1 heterocycles. The van der Waals surface area contributed by atoms with Gasteiger partial charge in [-0.25, -0.2) is 0 Å². The lowest BCUT2D eigenvalue weighted by Crippen LogP contribution is -2.27. The molecular formula is C23H13Cl2N3O7S. The van der Waals surface area contributed by atoms with Gasteiger partial charge in [-0.2, -0.15) is 0 Å². The molecule has 0 atom stereocenters. The third kappa shape index (κ3) is 5.48. The van der Waals surface area contributed by atoms with E-state index in [4.69, 9.17) is 27.9 Å². The van der Waals surface area contributed by atoms with Crippen molar-refractivity contribution < 1.29 is 24.2 Å². The zero-order valence-corrected chi connectivity index (χ0v) is 20.2. The maximum Gasteiger partial charge on any atom is 0.318 e. The third-order valence-electron chi connectivity index (χ3n) is 4.93. The van der Waals surface area contributed by atoms with Crippen LogP contribution in [0.5, 0.6) is 11.5 Å². The van der Waals surface area contributed by atoms with Crippen LogP contribution in [-0.4, -0.2) is 25.9 Å². The number of amides is 2. The zero-order chi connectivity index (χ0) is 26.0. The van der Waals surface area contributed by atoms with Crippen LogP contribution in [0.1, 0.15) is 11.1 Å². The van der Waals surface area contributed by atoms with Crippen molar-refractivity contribution in [2.45, 2.75) is 6.54 Å². The van der Waals surface area contributed by atoms with E-state index in [2.05, 4.69) is 0 Å². The smallest absolute Gasteiger partial charge is 0.318 e. The monoisotopic (exact) mass is 545 g/mol. The summed E-state index contributed by atoms with van der Waals surface area (Å²) in [5.74, 6) is -0.492. The Hall–Kier alpha value is -3.93. The van der Waals surface area contributed by atoms with E-state index < -0.39 is 32.4 Å². The van der Waals surface area contributed by atoms with Crippen molar-refractivity contribution in [1.82, 2.24) is 4.90 Å². The van der Waals surface area contributed by atoms with Gasteiger partial charge in [-0.3, -0.25) is 34.7 Å². The number of carbonyl (C=O) groups excluding carboxylic acids is 2. The first-order valence-corrected chi connectivity index (χ1v) is 11.6. The summed E-state index contributed by atoms with van der Waals surface area (Å²) in [6.45, 7) is 0.0197. The Labute approximate surface area is 217 Å². The van der Waals surface area contributed by atoms with Gasteiger partial charge in [0.25, 0.3) is 16.8 Å². The number of hydrogen-bond acceptors (Lipinski definition) is 8. The molecule has 4 rings (SSSR count). The molecule has 0 aliphatic carbocycles. The molecule has 0 spiro atoms. The standard InChI is InChI=1S/C23H13Cl2N3O7S/c24-17-6-4-14(9-18(17)25)12-26-22(29)21(36-23(26)30)10-13-2-1-3-16(8-13)35-20-7-5-15(27(31)32)11-19(20)28(33)34/h1-11H,12H2/b21-10+. The summed E-state index contributed by atoms with van der Waals surface area (Å²) in [4.78, 5) is 47.3. The Balaban J connectivity index is 1.55. The molecule has 1 aliphatic rings. The van der Waals surface area contributed by atoms with E-state index in [0.29, 0.717) is 21.2 Å². The van der Waals surface area contributed by atoms with Gasteiger partial charge in [-0.05, 0) is 59.3 Å². The van der Waals surface area contributed by atoms with Crippen LogP contribution in [0.25, 0.3) is 6.08 Å². The van der Waals surface area contributed by atoms with E-state index in [-0.39, 0.29) is 22.9 Å². The van der Waals surface area contributed by atoms with Crippen LogP contribution >= 0.6 is 35.0 Å². The van der Waals surface area contributed by atoms with E-state index in [0.717, 1.165) is 34.9 Å². The molecule has 0 N–H and O–H groups in total.